The van der Waals surface area contributed by atoms with Gasteiger partial charge in [-0.25, -0.2) is 14.6 Å². The van der Waals surface area contributed by atoms with E-state index in [1.807, 2.05) is 5.32 Å². The molecule has 2 N–H and O–H groups in total. The van der Waals surface area contributed by atoms with Crippen LogP contribution in [0, 0.1) is 0 Å². The molecule has 1 rings (SSSR count). The minimum atomic E-state index is -4.68. The van der Waals surface area contributed by atoms with Crippen molar-refractivity contribution in [2.75, 3.05) is 6.61 Å². The highest BCUT2D eigenvalue weighted by molar-refractivity contribution is 5.87. The lowest BCUT2D eigenvalue weighted by Crippen LogP contribution is -2.22. The fourth-order valence-corrected chi connectivity index (χ4v) is 1.32. The highest BCUT2D eigenvalue weighted by atomic mass is 19.4. The molecule has 0 aliphatic rings. The number of nitrogens with zero attached hydrogens (tertiary/aromatic N) is 1. The molecule has 1 amide bonds. The first-order valence-electron chi connectivity index (χ1n) is 5.46. The number of carboxylic acid groups (broad SMARTS) is 1. The number of amides is 1. The third-order valence-electron chi connectivity index (χ3n) is 2.11. The Morgan fingerprint density at radius 3 is 2.55 bits per heavy atom. The maximum atomic E-state index is 12.7. The van der Waals surface area contributed by atoms with Gasteiger partial charge < -0.3 is 15.2 Å². The summed E-state index contributed by atoms with van der Waals surface area (Å²) in [5, 5.41) is 10.3. The van der Waals surface area contributed by atoms with Gasteiger partial charge in [-0.05, 0) is 19.1 Å². The highest BCUT2D eigenvalue weighted by Gasteiger charge is 2.32. The molecular weight excluding hydrogens is 281 g/mol. The molecule has 0 saturated carbocycles. The molecule has 1 aromatic rings. The smallest absolute Gasteiger partial charge is 0.416 e. The average Bonchev–Trinajstić information content (AvgIpc) is 2.35. The van der Waals surface area contributed by atoms with E-state index < -0.39 is 36.0 Å². The Balaban J connectivity index is 3.14. The van der Waals surface area contributed by atoms with Crippen molar-refractivity contribution in [1.29, 1.82) is 0 Å². The van der Waals surface area contributed by atoms with Crippen molar-refractivity contribution in [2.24, 2.45) is 0 Å². The number of halogens is 3. The molecule has 6 nitrogen and oxygen atoms in total. The van der Waals surface area contributed by atoms with Crippen LogP contribution in [-0.4, -0.2) is 28.8 Å². The molecule has 0 atom stereocenters. The van der Waals surface area contributed by atoms with Crippen LogP contribution in [0.2, 0.25) is 0 Å². The van der Waals surface area contributed by atoms with Gasteiger partial charge in [0.1, 0.15) is 5.69 Å². The first kappa shape index (κ1) is 15.7. The Kier molecular flexibility index (Phi) is 4.89. The summed E-state index contributed by atoms with van der Waals surface area (Å²) in [6.07, 6.45) is -6.09. The van der Waals surface area contributed by atoms with Gasteiger partial charge in [-0.3, -0.25) is 0 Å². The van der Waals surface area contributed by atoms with Gasteiger partial charge in [0.15, 0.2) is 0 Å². The topological polar surface area (TPSA) is 88.5 Å². The van der Waals surface area contributed by atoms with E-state index in [9.17, 15) is 22.8 Å². The Morgan fingerprint density at radius 2 is 2.05 bits per heavy atom. The predicted octanol–water partition coefficient (Wildman–Crippen LogP) is 2.04. The van der Waals surface area contributed by atoms with Gasteiger partial charge in [-0.15, -0.1) is 0 Å². The fourth-order valence-electron chi connectivity index (χ4n) is 1.32. The highest BCUT2D eigenvalue weighted by Crippen LogP contribution is 2.30. The number of hydrogen-bond donors (Lipinski definition) is 2. The zero-order chi connectivity index (χ0) is 15.3. The maximum absolute atomic E-state index is 12.7. The molecule has 0 saturated heterocycles. The summed E-state index contributed by atoms with van der Waals surface area (Å²) in [4.78, 5) is 25.4. The Labute approximate surface area is 111 Å². The van der Waals surface area contributed by atoms with E-state index in [4.69, 9.17) is 5.11 Å². The molecule has 0 fully saturated rings. The summed E-state index contributed by atoms with van der Waals surface area (Å²) in [5.74, 6) is -1.00. The number of carbonyl (C=O) groups is 2. The van der Waals surface area contributed by atoms with Crippen LogP contribution in [0.4, 0.5) is 18.0 Å². The number of carbonyl (C=O) groups excluding carboxylic acids is 1. The van der Waals surface area contributed by atoms with Crippen LogP contribution in [0.3, 0.4) is 0 Å². The van der Waals surface area contributed by atoms with E-state index >= 15 is 0 Å². The van der Waals surface area contributed by atoms with Crippen molar-refractivity contribution in [3.8, 4) is 0 Å². The minimum absolute atomic E-state index is 0.0144. The van der Waals surface area contributed by atoms with Crippen LogP contribution in [0.5, 0.6) is 0 Å². The number of alkyl halides is 3. The SMILES string of the molecule is CCOC(=O)c1cc(C(F)(F)F)cc(CNC(=O)O)n1. The Bertz CT molecular complexity index is 517. The van der Waals surface area contributed by atoms with Crippen molar-refractivity contribution in [1.82, 2.24) is 10.3 Å². The van der Waals surface area contributed by atoms with Crippen molar-refractivity contribution in [2.45, 2.75) is 19.6 Å². The van der Waals surface area contributed by atoms with Gasteiger partial charge in [0.2, 0.25) is 0 Å². The number of aromatic nitrogens is 1. The van der Waals surface area contributed by atoms with Crippen LogP contribution in [-0.2, 0) is 17.5 Å². The zero-order valence-corrected chi connectivity index (χ0v) is 10.3. The lowest BCUT2D eigenvalue weighted by atomic mass is 10.1. The molecule has 0 spiro atoms. The van der Waals surface area contributed by atoms with E-state index in [1.165, 1.54) is 6.92 Å². The molecule has 20 heavy (non-hydrogen) atoms. The zero-order valence-electron chi connectivity index (χ0n) is 10.3. The van der Waals surface area contributed by atoms with Gasteiger partial charge >= 0.3 is 18.2 Å². The second kappa shape index (κ2) is 6.22. The Morgan fingerprint density at radius 1 is 1.40 bits per heavy atom. The van der Waals surface area contributed by atoms with E-state index in [0.29, 0.717) is 12.1 Å². The average molecular weight is 292 g/mol. The summed E-state index contributed by atoms with van der Waals surface area (Å²) >= 11 is 0. The molecule has 1 aromatic heterocycles. The second-order valence-electron chi connectivity index (χ2n) is 3.61. The summed E-state index contributed by atoms with van der Waals surface area (Å²) in [6, 6.07) is 1.22. The molecule has 0 aliphatic carbocycles. The number of nitrogens with one attached hydrogen (secondary N) is 1. The van der Waals surface area contributed by atoms with Crippen LogP contribution in [0.1, 0.15) is 28.7 Å². The largest absolute Gasteiger partial charge is 0.465 e. The first-order chi connectivity index (χ1) is 9.24. The van der Waals surface area contributed by atoms with Crippen molar-refractivity contribution in [3.05, 3.63) is 29.1 Å². The van der Waals surface area contributed by atoms with Crippen molar-refractivity contribution in [3.63, 3.8) is 0 Å². The van der Waals surface area contributed by atoms with Crippen LogP contribution in [0.25, 0.3) is 0 Å². The van der Waals surface area contributed by atoms with Gasteiger partial charge in [0.05, 0.1) is 24.4 Å². The standard InChI is InChI=1S/C11H11F3N2O4/c1-2-20-9(17)8-4-6(11(12,13)14)3-7(16-8)5-15-10(18)19/h3-4,15H,2,5H2,1H3,(H,18,19). The van der Waals surface area contributed by atoms with Gasteiger partial charge in [0.25, 0.3) is 0 Å². The van der Waals surface area contributed by atoms with E-state index in [0.717, 1.165) is 0 Å². The van der Waals surface area contributed by atoms with Crippen molar-refractivity contribution < 1.29 is 32.6 Å². The normalized spacial score (nSPS) is 11.0. The lowest BCUT2D eigenvalue weighted by Gasteiger charge is -2.11. The summed E-state index contributed by atoms with van der Waals surface area (Å²) in [7, 11) is 0. The predicted molar refractivity (Wildman–Crippen MR) is 60.1 cm³/mol. The molecule has 0 aromatic carbocycles. The van der Waals surface area contributed by atoms with Gasteiger partial charge in [-0.1, -0.05) is 0 Å². The number of ether oxygens (including phenoxy) is 1. The van der Waals surface area contributed by atoms with Gasteiger partial charge in [-0.2, -0.15) is 13.2 Å². The maximum Gasteiger partial charge on any atom is 0.416 e. The lowest BCUT2D eigenvalue weighted by molar-refractivity contribution is -0.137. The van der Waals surface area contributed by atoms with E-state index in [1.54, 1.807) is 0 Å². The molecule has 0 radical (unpaired) electrons. The van der Waals surface area contributed by atoms with Crippen LogP contribution in [0.15, 0.2) is 12.1 Å². The first-order valence-corrected chi connectivity index (χ1v) is 5.46. The molecule has 0 aliphatic heterocycles. The number of esters is 1. The van der Waals surface area contributed by atoms with Crippen LogP contribution < -0.4 is 5.32 Å². The molecule has 9 heteroatoms. The Hall–Kier alpha value is -2.32. The fraction of sp³-hybridized carbons (Fsp3) is 0.364. The monoisotopic (exact) mass is 292 g/mol. The second-order valence-corrected chi connectivity index (χ2v) is 3.61. The number of pyridine rings is 1. The summed E-state index contributed by atoms with van der Waals surface area (Å²) in [6.45, 7) is 1.03. The van der Waals surface area contributed by atoms with Gasteiger partial charge in [0, 0.05) is 0 Å². The van der Waals surface area contributed by atoms with Crippen molar-refractivity contribution >= 4 is 12.1 Å². The third-order valence-corrected chi connectivity index (χ3v) is 2.11. The minimum Gasteiger partial charge on any atom is -0.465 e. The molecule has 1 heterocycles. The molecule has 0 bridgehead atoms. The summed E-state index contributed by atoms with van der Waals surface area (Å²) in [5.41, 5.74) is -1.85. The number of hydrogen-bond acceptors (Lipinski definition) is 4. The third kappa shape index (κ3) is 4.41. The van der Waals surface area contributed by atoms with E-state index in [2.05, 4.69) is 9.72 Å². The van der Waals surface area contributed by atoms with E-state index in [-0.39, 0.29) is 12.3 Å². The number of rotatable bonds is 4. The summed E-state index contributed by atoms with van der Waals surface area (Å²) < 4.78 is 42.6. The quantitative estimate of drug-likeness (QED) is 0.829. The molecule has 110 valence electrons. The van der Waals surface area contributed by atoms with Crippen LogP contribution >= 0.6 is 0 Å². The molecular formula is C11H11F3N2O4. The molecule has 0 unspecified atom stereocenters.